The summed E-state index contributed by atoms with van der Waals surface area (Å²) in [6.07, 6.45) is 0.754. The van der Waals surface area contributed by atoms with E-state index < -0.39 is 0 Å². The predicted octanol–water partition coefficient (Wildman–Crippen LogP) is 2.95. The van der Waals surface area contributed by atoms with Crippen LogP contribution in [0, 0.1) is 0 Å². The van der Waals surface area contributed by atoms with Gasteiger partial charge in [-0.25, -0.2) is 0 Å². The highest BCUT2D eigenvalue weighted by Crippen LogP contribution is 2.17. The molecule has 2 aromatic rings. The van der Waals surface area contributed by atoms with E-state index in [4.69, 9.17) is 4.74 Å². The smallest absolute Gasteiger partial charge is 0.258 e. The number of carbonyl (C=O) groups is 2. The van der Waals surface area contributed by atoms with Crippen molar-refractivity contribution in [3.8, 4) is 5.75 Å². The summed E-state index contributed by atoms with van der Waals surface area (Å²) in [6, 6.07) is 16.9. The summed E-state index contributed by atoms with van der Waals surface area (Å²) in [5.41, 5.74) is 1.26. The maximum atomic E-state index is 12.4. The Kier molecular flexibility index (Phi) is 6.78. The molecule has 138 valence electrons. The van der Waals surface area contributed by atoms with Crippen molar-refractivity contribution in [2.45, 2.75) is 32.7 Å². The van der Waals surface area contributed by atoms with Gasteiger partial charge in [-0.2, -0.15) is 0 Å². The Morgan fingerprint density at radius 3 is 2.31 bits per heavy atom. The lowest BCUT2D eigenvalue weighted by Crippen LogP contribution is -2.43. The van der Waals surface area contributed by atoms with Gasteiger partial charge in [-0.05, 0) is 44.9 Å². The van der Waals surface area contributed by atoms with Crippen molar-refractivity contribution in [3.63, 3.8) is 0 Å². The molecule has 0 aliphatic heterocycles. The van der Waals surface area contributed by atoms with Gasteiger partial charge in [0.25, 0.3) is 11.8 Å². The first-order chi connectivity index (χ1) is 12.3. The minimum Gasteiger partial charge on any atom is -0.483 e. The molecule has 0 spiro atoms. The van der Waals surface area contributed by atoms with Crippen LogP contribution < -0.4 is 15.4 Å². The Labute approximate surface area is 154 Å². The van der Waals surface area contributed by atoms with Crippen LogP contribution in [-0.2, 0) is 11.2 Å². The minimum absolute atomic E-state index is 0.133. The Morgan fingerprint density at radius 1 is 0.962 bits per heavy atom. The second-order valence-electron chi connectivity index (χ2n) is 7.07. The minimum atomic E-state index is -0.325. The molecule has 0 aliphatic rings. The van der Waals surface area contributed by atoms with Gasteiger partial charge >= 0.3 is 0 Å². The monoisotopic (exact) mass is 354 g/mol. The van der Waals surface area contributed by atoms with Crippen LogP contribution in [0.1, 0.15) is 36.7 Å². The number of ether oxygens (including phenoxy) is 1. The summed E-state index contributed by atoms with van der Waals surface area (Å²) in [5, 5.41) is 5.72. The summed E-state index contributed by atoms with van der Waals surface area (Å²) in [7, 11) is 0. The highest BCUT2D eigenvalue weighted by atomic mass is 16.5. The summed E-state index contributed by atoms with van der Waals surface area (Å²) in [6.45, 7) is 6.10. The quantitative estimate of drug-likeness (QED) is 0.803. The maximum Gasteiger partial charge on any atom is 0.258 e. The van der Waals surface area contributed by atoms with Crippen molar-refractivity contribution in [2.75, 3.05) is 13.2 Å². The molecule has 0 saturated carbocycles. The average molecular weight is 354 g/mol. The van der Waals surface area contributed by atoms with Crippen molar-refractivity contribution in [1.82, 2.24) is 10.6 Å². The molecule has 26 heavy (non-hydrogen) atoms. The van der Waals surface area contributed by atoms with Gasteiger partial charge in [0.2, 0.25) is 0 Å². The van der Waals surface area contributed by atoms with Gasteiger partial charge in [0.05, 0.1) is 5.56 Å². The number of nitrogens with one attached hydrogen (secondary N) is 2. The molecular weight excluding hydrogens is 328 g/mol. The van der Waals surface area contributed by atoms with E-state index in [1.54, 1.807) is 24.3 Å². The zero-order chi connectivity index (χ0) is 19.0. The number of rotatable bonds is 7. The lowest BCUT2D eigenvalue weighted by Gasteiger charge is -2.20. The molecule has 2 N–H and O–H groups in total. The van der Waals surface area contributed by atoms with Crippen LogP contribution >= 0.6 is 0 Å². The lowest BCUT2D eigenvalue weighted by atomic mass is 10.1. The summed E-state index contributed by atoms with van der Waals surface area (Å²) in [4.78, 5) is 24.3. The number of hydrogen-bond acceptors (Lipinski definition) is 3. The van der Waals surface area contributed by atoms with E-state index in [1.807, 2.05) is 51.1 Å². The van der Waals surface area contributed by atoms with Gasteiger partial charge in [-0.15, -0.1) is 0 Å². The maximum absolute atomic E-state index is 12.4. The summed E-state index contributed by atoms with van der Waals surface area (Å²) >= 11 is 0. The molecule has 2 rings (SSSR count). The third kappa shape index (κ3) is 6.59. The second-order valence-corrected chi connectivity index (χ2v) is 7.07. The highest BCUT2D eigenvalue weighted by molar-refractivity contribution is 5.97. The number of carbonyl (C=O) groups excluding carboxylic acids is 2. The molecule has 0 heterocycles. The zero-order valence-electron chi connectivity index (χ0n) is 15.5. The van der Waals surface area contributed by atoms with Crippen molar-refractivity contribution in [1.29, 1.82) is 0 Å². The van der Waals surface area contributed by atoms with Crippen LogP contribution in [0.4, 0.5) is 0 Å². The summed E-state index contributed by atoms with van der Waals surface area (Å²) < 4.78 is 5.56. The highest BCUT2D eigenvalue weighted by Gasteiger charge is 2.16. The number of hydrogen-bond donors (Lipinski definition) is 2. The first-order valence-electron chi connectivity index (χ1n) is 8.70. The number of benzene rings is 2. The third-order valence-corrected chi connectivity index (χ3v) is 3.55. The first-order valence-corrected chi connectivity index (χ1v) is 8.70. The molecule has 5 heteroatoms. The Hall–Kier alpha value is -2.82. The Morgan fingerprint density at radius 2 is 1.62 bits per heavy atom. The average Bonchev–Trinajstić information content (AvgIpc) is 2.59. The molecule has 0 saturated heterocycles. The van der Waals surface area contributed by atoms with Gasteiger partial charge in [0.15, 0.2) is 6.61 Å². The van der Waals surface area contributed by atoms with E-state index in [1.165, 1.54) is 0 Å². The van der Waals surface area contributed by atoms with Crippen LogP contribution in [0.5, 0.6) is 5.75 Å². The van der Waals surface area contributed by atoms with Crippen LogP contribution in [0.3, 0.4) is 0 Å². The molecule has 0 radical (unpaired) electrons. The van der Waals surface area contributed by atoms with Crippen LogP contribution in [-0.4, -0.2) is 30.5 Å². The molecule has 2 aromatic carbocycles. The molecule has 0 aliphatic carbocycles. The van der Waals surface area contributed by atoms with Gasteiger partial charge in [-0.1, -0.05) is 42.5 Å². The van der Waals surface area contributed by atoms with E-state index in [9.17, 15) is 9.59 Å². The number of amides is 2. The fraction of sp³-hybridized carbons (Fsp3) is 0.333. The third-order valence-electron chi connectivity index (χ3n) is 3.55. The van der Waals surface area contributed by atoms with Crippen LogP contribution in [0.15, 0.2) is 54.6 Å². The van der Waals surface area contributed by atoms with E-state index in [0.29, 0.717) is 17.9 Å². The second kappa shape index (κ2) is 9.04. The molecule has 0 atom stereocenters. The Balaban J connectivity index is 1.90. The van der Waals surface area contributed by atoms with E-state index >= 15 is 0 Å². The van der Waals surface area contributed by atoms with E-state index in [-0.39, 0.29) is 24.0 Å². The van der Waals surface area contributed by atoms with Crippen molar-refractivity contribution >= 4 is 11.8 Å². The summed E-state index contributed by atoms with van der Waals surface area (Å²) in [5.74, 6) is -0.0432. The molecule has 0 unspecified atom stereocenters. The van der Waals surface area contributed by atoms with Crippen LogP contribution in [0.25, 0.3) is 0 Å². The van der Waals surface area contributed by atoms with Gasteiger partial charge in [0, 0.05) is 12.1 Å². The van der Waals surface area contributed by atoms with Crippen molar-refractivity contribution in [2.24, 2.45) is 0 Å². The largest absolute Gasteiger partial charge is 0.483 e. The molecule has 0 fully saturated rings. The van der Waals surface area contributed by atoms with Crippen molar-refractivity contribution in [3.05, 3.63) is 65.7 Å². The number of para-hydroxylation sites is 1. The lowest BCUT2D eigenvalue weighted by molar-refractivity contribution is -0.124. The standard InChI is InChI=1S/C21H26N2O3/c1-21(2,3)23-19(24)15-26-18-12-8-7-11-17(18)20(25)22-14-13-16-9-5-4-6-10-16/h4-12H,13-15H2,1-3H3,(H,22,25)(H,23,24). The molecule has 0 aromatic heterocycles. The van der Waals surface area contributed by atoms with Crippen LogP contribution in [0.2, 0.25) is 0 Å². The fourth-order valence-electron chi connectivity index (χ4n) is 2.44. The normalized spacial score (nSPS) is 10.9. The van der Waals surface area contributed by atoms with Gasteiger partial charge in [-0.3, -0.25) is 9.59 Å². The predicted molar refractivity (Wildman–Crippen MR) is 102 cm³/mol. The molecule has 2 amide bonds. The zero-order valence-corrected chi connectivity index (χ0v) is 15.5. The molecular formula is C21H26N2O3. The van der Waals surface area contributed by atoms with Gasteiger partial charge < -0.3 is 15.4 Å². The molecule has 0 bridgehead atoms. The van der Waals surface area contributed by atoms with E-state index in [2.05, 4.69) is 10.6 Å². The van der Waals surface area contributed by atoms with Gasteiger partial charge in [0.1, 0.15) is 5.75 Å². The first kappa shape index (κ1) is 19.5. The van der Waals surface area contributed by atoms with Crippen molar-refractivity contribution < 1.29 is 14.3 Å². The molecule has 5 nitrogen and oxygen atoms in total. The van der Waals surface area contributed by atoms with E-state index in [0.717, 1.165) is 12.0 Å². The SMILES string of the molecule is CC(C)(C)NC(=O)COc1ccccc1C(=O)NCCc1ccccc1. The topological polar surface area (TPSA) is 67.4 Å². The fourth-order valence-corrected chi connectivity index (χ4v) is 2.44. The Bertz CT molecular complexity index is 736.